The molecule has 16 heavy (non-hydrogen) atoms. The zero-order valence-corrected chi connectivity index (χ0v) is 10.3. The zero-order chi connectivity index (χ0) is 11.9. The number of carbonyl (C=O) groups excluding carboxylic acids is 1. The average Bonchev–Trinajstić information content (AvgIpc) is 2.60. The number of aromatic nitrogens is 1. The van der Waals surface area contributed by atoms with Crippen molar-refractivity contribution >= 4 is 23.3 Å². The third kappa shape index (κ3) is 1.73. The summed E-state index contributed by atoms with van der Waals surface area (Å²) in [7, 11) is 1.93. The van der Waals surface area contributed by atoms with E-state index in [9.17, 15) is 4.79 Å². The summed E-state index contributed by atoms with van der Waals surface area (Å²) in [5, 5.41) is 3.15. The second-order valence-corrected chi connectivity index (χ2v) is 4.54. The van der Waals surface area contributed by atoms with Crippen LogP contribution in [0.2, 0.25) is 5.15 Å². The molecule has 5 heteroatoms. The van der Waals surface area contributed by atoms with Crippen LogP contribution in [0.3, 0.4) is 0 Å². The van der Waals surface area contributed by atoms with Crippen LogP contribution in [-0.4, -0.2) is 24.0 Å². The van der Waals surface area contributed by atoms with E-state index in [2.05, 4.69) is 24.1 Å². The maximum atomic E-state index is 11.5. The van der Waals surface area contributed by atoms with Gasteiger partial charge in [-0.05, 0) is 19.9 Å². The number of amides is 1. The predicted octanol–water partition coefficient (Wildman–Crippen LogP) is 1.82. The fraction of sp³-hybridized carbons (Fsp3) is 0.455. The molecular formula is C11H14ClN3O. The van der Waals surface area contributed by atoms with Crippen LogP contribution in [-0.2, 0) is 6.54 Å². The van der Waals surface area contributed by atoms with Crippen molar-refractivity contribution in [1.29, 1.82) is 0 Å². The number of hydrogen-bond acceptors (Lipinski definition) is 3. The molecule has 0 unspecified atom stereocenters. The van der Waals surface area contributed by atoms with Crippen molar-refractivity contribution < 1.29 is 4.79 Å². The second-order valence-electron chi connectivity index (χ2n) is 4.18. The zero-order valence-electron chi connectivity index (χ0n) is 9.54. The van der Waals surface area contributed by atoms with Crippen molar-refractivity contribution in [1.82, 2.24) is 10.3 Å². The minimum atomic E-state index is -0.0716. The highest BCUT2D eigenvalue weighted by molar-refractivity contribution is 6.31. The molecule has 4 nitrogen and oxygen atoms in total. The normalized spacial score (nSPS) is 13.9. The number of fused-ring (bicyclic) bond motifs is 1. The topological polar surface area (TPSA) is 45.2 Å². The molecule has 0 aromatic carbocycles. The molecule has 0 fully saturated rings. The van der Waals surface area contributed by atoms with E-state index in [4.69, 9.17) is 11.6 Å². The Morgan fingerprint density at radius 1 is 1.56 bits per heavy atom. The maximum absolute atomic E-state index is 11.5. The van der Waals surface area contributed by atoms with Crippen molar-refractivity contribution in [2.75, 3.05) is 11.9 Å². The molecule has 0 saturated carbocycles. The van der Waals surface area contributed by atoms with Crippen LogP contribution in [0.1, 0.15) is 29.8 Å². The lowest BCUT2D eigenvalue weighted by atomic mass is 10.1. The van der Waals surface area contributed by atoms with Gasteiger partial charge in [0.1, 0.15) is 11.0 Å². The number of nitrogens with one attached hydrogen (secondary N) is 1. The van der Waals surface area contributed by atoms with Crippen molar-refractivity contribution in [3.8, 4) is 0 Å². The average molecular weight is 240 g/mol. The van der Waals surface area contributed by atoms with Gasteiger partial charge in [-0.2, -0.15) is 0 Å². The van der Waals surface area contributed by atoms with Crippen LogP contribution in [0.5, 0.6) is 0 Å². The first-order valence-corrected chi connectivity index (χ1v) is 5.59. The number of anilines is 1. The Hall–Kier alpha value is -1.29. The van der Waals surface area contributed by atoms with Gasteiger partial charge < -0.3 is 10.2 Å². The lowest BCUT2D eigenvalue weighted by molar-refractivity contribution is 0.0965. The smallest absolute Gasteiger partial charge is 0.252 e. The quantitative estimate of drug-likeness (QED) is 0.801. The highest BCUT2D eigenvalue weighted by Gasteiger charge is 2.24. The molecule has 0 bridgehead atoms. The van der Waals surface area contributed by atoms with Crippen LogP contribution in [0.15, 0.2) is 6.07 Å². The highest BCUT2D eigenvalue weighted by atomic mass is 35.5. The van der Waals surface area contributed by atoms with Gasteiger partial charge in [-0.15, -0.1) is 0 Å². The first-order valence-electron chi connectivity index (χ1n) is 5.21. The van der Waals surface area contributed by atoms with Crippen LogP contribution in [0.4, 0.5) is 5.82 Å². The lowest BCUT2D eigenvalue weighted by Gasteiger charge is -2.23. The van der Waals surface area contributed by atoms with E-state index in [0.29, 0.717) is 23.3 Å². The molecule has 2 heterocycles. The van der Waals surface area contributed by atoms with Gasteiger partial charge in [-0.3, -0.25) is 4.79 Å². The van der Waals surface area contributed by atoms with E-state index in [0.717, 1.165) is 11.4 Å². The Labute approximate surface area is 99.6 Å². The van der Waals surface area contributed by atoms with E-state index < -0.39 is 0 Å². The summed E-state index contributed by atoms with van der Waals surface area (Å²) in [4.78, 5) is 17.8. The molecule has 0 spiro atoms. The van der Waals surface area contributed by atoms with E-state index >= 15 is 0 Å². The van der Waals surface area contributed by atoms with Crippen molar-refractivity contribution in [3.05, 3.63) is 22.3 Å². The number of pyridine rings is 1. The summed E-state index contributed by atoms with van der Waals surface area (Å²) in [5.41, 5.74) is 1.44. The highest BCUT2D eigenvalue weighted by Crippen LogP contribution is 2.27. The van der Waals surface area contributed by atoms with E-state index in [1.165, 1.54) is 0 Å². The number of halogens is 1. The third-order valence-corrected chi connectivity index (χ3v) is 3.18. The van der Waals surface area contributed by atoms with Crippen LogP contribution in [0.25, 0.3) is 0 Å². The molecule has 1 aromatic rings. The molecule has 1 N–H and O–H groups in total. The van der Waals surface area contributed by atoms with Gasteiger partial charge in [0.2, 0.25) is 0 Å². The van der Waals surface area contributed by atoms with Crippen molar-refractivity contribution in [2.45, 2.75) is 26.4 Å². The van der Waals surface area contributed by atoms with Gasteiger partial charge >= 0.3 is 0 Å². The number of rotatable bonds is 2. The van der Waals surface area contributed by atoms with Crippen molar-refractivity contribution in [3.63, 3.8) is 0 Å². The van der Waals surface area contributed by atoms with Gasteiger partial charge in [0, 0.05) is 25.2 Å². The van der Waals surface area contributed by atoms with E-state index in [1.54, 1.807) is 6.07 Å². The summed E-state index contributed by atoms with van der Waals surface area (Å²) >= 11 is 6.06. The van der Waals surface area contributed by atoms with Crippen LogP contribution < -0.4 is 10.2 Å². The van der Waals surface area contributed by atoms with Crippen LogP contribution in [0, 0.1) is 0 Å². The Morgan fingerprint density at radius 2 is 2.25 bits per heavy atom. The minimum absolute atomic E-state index is 0.0716. The SMILES string of the molecule is CC(C)N(C)c1cc2c(c(Cl)n1)CNC2=O. The van der Waals surface area contributed by atoms with E-state index in [1.807, 2.05) is 11.9 Å². The number of carbonyl (C=O) groups is 1. The monoisotopic (exact) mass is 239 g/mol. The molecule has 1 aromatic heterocycles. The molecule has 0 atom stereocenters. The Kier molecular flexibility index (Phi) is 2.76. The molecule has 1 amide bonds. The molecule has 1 aliphatic heterocycles. The van der Waals surface area contributed by atoms with Gasteiger partial charge in [0.15, 0.2) is 0 Å². The fourth-order valence-corrected chi connectivity index (χ4v) is 1.86. The summed E-state index contributed by atoms with van der Waals surface area (Å²) in [6.07, 6.45) is 0. The Bertz CT molecular complexity index is 445. The molecule has 86 valence electrons. The predicted molar refractivity (Wildman–Crippen MR) is 64.0 cm³/mol. The summed E-state index contributed by atoms with van der Waals surface area (Å²) in [5.74, 6) is 0.661. The number of nitrogens with zero attached hydrogens (tertiary/aromatic N) is 2. The van der Waals surface area contributed by atoms with E-state index in [-0.39, 0.29) is 5.91 Å². The Balaban J connectivity index is 2.48. The van der Waals surface area contributed by atoms with Crippen LogP contribution >= 0.6 is 11.6 Å². The first kappa shape index (κ1) is 11.2. The lowest BCUT2D eigenvalue weighted by Crippen LogP contribution is -2.27. The first-order chi connectivity index (χ1) is 7.50. The third-order valence-electron chi connectivity index (χ3n) is 2.87. The largest absolute Gasteiger partial charge is 0.357 e. The van der Waals surface area contributed by atoms with Gasteiger partial charge in [-0.25, -0.2) is 4.98 Å². The van der Waals surface area contributed by atoms with Gasteiger partial charge in [-0.1, -0.05) is 11.6 Å². The maximum Gasteiger partial charge on any atom is 0.252 e. The molecule has 1 aliphatic rings. The summed E-state index contributed by atoms with van der Waals surface area (Å²) < 4.78 is 0. The number of hydrogen-bond donors (Lipinski definition) is 1. The molecule has 0 radical (unpaired) electrons. The molecular weight excluding hydrogens is 226 g/mol. The minimum Gasteiger partial charge on any atom is -0.357 e. The summed E-state index contributed by atoms with van der Waals surface area (Å²) in [6.45, 7) is 4.59. The summed E-state index contributed by atoms with van der Waals surface area (Å²) in [6, 6.07) is 2.11. The fourth-order valence-electron chi connectivity index (χ4n) is 1.61. The van der Waals surface area contributed by atoms with Gasteiger partial charge in [0.25, 0.3) is 5.91 Å². The van der Waals surface area contributed by atoms with Gasteiger partial charge in [0.05, 0.1) is 5.56 Å². The molecule has 0 aliphatic carbocycles. The molecule has 0 saturated heterocycles. The standard InChI is InChI=1S/C11H14ClN3O/c1-6(2)15(3)9-4-7-8(10(12)14-9)5-13-11(7)16/h4,6H,5H2,1-3H3,(H,13,16). The van der Waals surface area contributed by atoms with Crippen molar-refractivity contribution in [2.24, 2.45) is 0 Å². The molecule has 2 rings (SSSR count). The Morgan fingerprint density at radius 3 is 2.88 bits per heavy atom. The second kappa shape index (κ2) is 3.94.